The number of nitrogens with zero attached hydrogens (tertiary/aromatic N) is 1. The van der Waals surface area contributed by atoms with Crippen LogP contribution in [0, 0.1) is 0 Å². The Morgan fingerprint density at radius 1 is 1.05 bits per heavy atom. The minimum Gasteiger partial charge on any atom is -0.323 e. The Labute approximate surface area is 129 Å². The van der Waals surface area contributed by atoms with E-state index in [9.17, 15) is 0 Å². The standard InChI is InChI=1S/C17H37NSi2/c1-9-19(5,6)15-18(16-13-11-10-12-14-16)20(7,8)17(2,3)4/h9,16H,1,10-15H2,2-8H3. The highest BCUT2D eigenvalue weighted by atomic mass is 28.3. The van der Waals surface area contributed by atoms with Gasteiger partial charge < -0.3 is 4.57 Å². The van der Waals surface area contributed by atoms with Gasteiger partial charge in [0.2, 0.25) is 0 Å². The van der Waals surface area contributed by atoms with E-state index in [-0.39, 0.29) is 0 Å². The molecule has 0 heterocycles. The topological polar surface area (TPSA) is 3.24 Å². The van der Waals surface area contributed by atoms with Gasteiger partial charge in [0.15, 0.2) is 0 Å². The molecule has 0 atom stereocenters. The summed E-state index contributed by atoms with van der Waals surface area (Å²) in [6.07, 6.45) is 8.49. The normalized spacial score (nSPS) is 19.4. The Balaban J connectivity index is 3.03. The van der Waals surface area contributed by atoms with Crippen LogP contribution in [0.25, 0.3) is 0 Å². The van der Waals surface area contributed by atoms with Crippen molar-refractivity contribution in [3.05, 3.63) is 12.3 Å². The average Bonchev–Trinajstić information content (AvgIpc) is 2.35. The molecule has 1 fully saturated rings. The third-order valence-corrected chi connectivity index (χ3v) is 13.9. The van der Waals surface area contributed by atoms with Crippen molar-refractivity contribution in [2.24, 2.45) is 0 Å². The molecule has 0 saturated heterocycles. The zero-order valence-electron chi connectivity index (χ0n) is 15.1. The molecule has 1 aliphatic carbocycles. The first kappa shape index (κ1) is 18.2. The molecule has 1 aliphatic rings. The summed E-state index contributed by atoms with van der Waals surface area (Å²) in [4.78, 5) is 0. The Hall–Kier alpha value is 0.134. The fourth-order valence-electron chi connectivity index (χ4n) is 3.11. The maximum Gasteiger partial charge on any atom is 0.127 e. The molecular weight excluding hydrogens is 274 g/mol. The molecule has 1 nitrogen and oxygen atoms in total. The fourth-order valence-corrected chi connectivity index (χ4v) is 9.21. The van der Waals surface area contributed by atoms with Crippen LogP contribution in [-0.2, 0) is 0 Å². The van der Waals surface area contributed by atoms with Gasteiger partial charge in [0, 0.05) is 6.04 Å². The maximum absolute atomic E-state index is 4.13. The van der Waals surface area contributed by atoms with Crippen molar-refractivity contribution in [1.82, 2.24) is 4.57 Å². The van der Waals surface area contributed by atoms with Crippen molar-refractivity contribution >= 4 is 16.3 Å². The molecule has 1 rings (SSSR count). The molecule has 0 N–H and O–H groups in total. The first-order valence-corrected chi connectivity index (χ1v) is 14.6. The molecule has 0 unspecified atom stereocenters. The molecule has 0 radical (unpaired) electrons. The third-order valence-electron chi connectivity index (χ3n) is 5.70. The molecule has 0 spiro atoms. The lowest BCUT2D eigenvalue weighted by molar-refractivity contribution is 0.259. The average molecular weight is 312 g/mol. The molecule has 20 heavy (non-hydrogen) atoms. The van der Waals surface area contributed by atoms with Gasteiger partial charge in [-0.15, -0.1) is 12.3 Å². The van der Waals surface area contributed by atoms with Crippen molar-refractivity contribution < 1.29 is 0 Å². The van der Waals surface area contributed by atoms with Crippen LogP contribution < -0.4 is 0 Å². The van der Waals surface area contributed by atoms with Gasteiger partial charge in [-0.1, -0.05) is 66.2 Å². The lowest BCUT2D eigenvalue weighted by atomic mass is 9.96. The summed E-state index contributed by atoms with van der Waals surface area (Å²) in [7, 11) is -2.72. The maximum atomic E-state index is 4.13. The monoisotopic (exact) mass is 311 g/mol. The van der Waals surface area contributed by atoms with Gasteiger partial charge in [-0.05, 0) is 24.0 Å². The first-order valence-electron chi connectivity index (χ1n) is 8.42. The number of rotatable bonds is 5. The highest BCUT2D eigenvalue weighted by Crippen LogP contribution is 2.41. The molecule has 0 aromatic rings. The minimum absolute atomic E-state index is 0.441. The molecule has 0 amide bonds. The van der Waals surface area contributed by atoms with E-state index in [2.05, 4.69) is 63.8 Å². The second-order valence-corrected chi connectivity index (χ2v) is 18.8. The summed E-state index contributed by atoms with van der Waals surface area (Å²) in [5.74, 6) is 0. The van der Waals surface area contributed by atoms with Crippen LogP contribution in [0.1, 0.15) is 52.9 Å². The largest absolute Gasteiger partial charge is 0.323 e. The Bertz CT molecular complexity index is 322. The summed E-state index contributed by atoms with van der Waals surface area (Å²) < 4.78 is 3.00. The van der Waals surface area contributed by atoms with Gasteiger partial charge in [0.05, 0.1) is 8.07 Å². The Morgan fingerprint density at radius 2 is 1.55 bits per heavy atom. The van der Waals surface area contributed by atoms with Crippen LogP contribution in [0.15, 0.2) is 12.3 Å². The quantitative estimate of drug-likeness (QED) is 0.597. The molecule has 3 heteroatoms. The zero-order valence-corrected chi connectivity index (χ0v) is 17.1. The lowest BCUT2D eigenvalue weighted by Gasteiger charge is -2.52. The summed E-state index contributed by atoms with van der Waals surface area (Å²) in [5, 5.41) is 0.441. The van der Waals surface area contributed by atoms with Crippen molar-refractivity contribution in [2.75, 3.05) is 6.17 Å². The zero-order chi connectivity index (χ0) is 15.6. The molecule has 0 aromatic carbocycles. The van der Waals surface area contributed by atoms with E-state index in [1.165, 1.54) is 38.3 Å². The summed E-state index contributed by atoms with van der Waals surface area (Å²) in [6, 6.07) is 0.844. The van der Waals surface area contributed by atoms with Gasteiger partial charge in [-0.2, -0.15) is 0 Å². The van der Waals surface area contributed by atoms with Crippen LogP contribution in [0.4, 0.5) is 0 Å². The Kier molecular flexibility index (Phi) is 5.90. The highest BCUT2D eigenvalue weighted by Gasteiger charge is 2.45. The van der Waals surface area contributed by atoms with E-state index in [0.717, 1.165) is 6.04 Å². The predicted molar refractivity (Wildman–Crippen MR) is 98.5 cm³/mol. The minimum atomic E-state index is -1.43. The summed E-state index contributed by atoms with van der Waals surface area (Å²) in [6.45, 7) is 21.6. The smallest absolute Gasteiger partial charge is 0.127 e. The van der Waals surface area contributed by atoms with E-state index in [0.29, 0.717) is 5.04 Å². The molecule has 0 aliphatic heterocycles. The molecule has 0 aromatic heterocycles. The van der Waals surface area contributed by atoms with Gasteiger partial charge in [0.1, 0.15) is 8.24 Å². The van der Waals surface area contributed by atoms with Crippen LogP contribution in [0.2, 0.25) is 31.2 Å². The van der Waals surface area contributed by atoms with Crippen LogP contribution in [-0.4, -0.2) is 33.1 Å². The van der Waals surface area contributed by atoms with Gasteiger partial charge >= 0.3 is 0 Å². The van der Waals surface area contributed by atoms with E-state index in [1.54, 1.807) is 0 Å². The molecular formula is C17H37NSi2. The van der Waals surface area contributed by atoms with E-state index in [4.69, 9.17) is 0 Å². The highest BCUT2D eigenvalue weighted by molar-refractivity contribution is 6.85. The van der Waals surface area contributed by atoms with Crippen molar-refractivity contribution in [2.45, 2.75) is 90.1 Å². The van der Waals surface area contributed by atoms with E-state index >= 15 is 0 Å². The third kappa shape index (κ3) is 4.31. The number of hydrogen-bond donors (Lipinski definition) is 0. The van der Waals surface area contributed by atoms with Crippen LogP contribution in [0.5, 0.6) is 0 Å². The summed E-state index contributed by atoms with van der Waals surface area (Å²) in [5.41, 5.74) is 2.29. The Morgan fingerprint density at radius 3 is 1.95 bits per heavy atom. The molecule has 118 valence electrons. The number of hydrogen-bond acceptors (Lipinski definition) is 1. The first-order chi connectivity index (χ1) is 9.01. The van der Waals surface area contributed by atoms with Gasteiger partial charge in [-0.3, -0.25) is 0 Å². The second kappa shape index (κ2) is 6.49. The summed E-state index contributed by atoms with van der Waals surface area (Å²) >= 11 is 0. The van der Waals surface area contributed by atoms with Gasteiger partial charge in [0.25, 0.3) is 0 Å². The van der Waals surface area contributed by atoms with E-state index in [1.807, 2.05) is 0 Å². The molecule has 0 bridgehead atoms. The molecule has 1 saturated carbocycles. The van der Waals surface area contributed by atoms with Crippen molar-refractivity contribution in [3.8, 4) is 0 Å². The van der Waals surface area contributed by atoms with E-state index < -0.39 is 16.3 Å². The second-order valence-electron chi connectivity index (χ2n) is 8.92. The SMILES string of the molecule is C=C[Si](C)(C)CN(C1CCCCC1)[Si](C)(C)C(C)(C)C. The lowest BCUT2D eigenvalue weighted by Crippen LogP contribution is -2.63. The van der Waals surface area contributed by atoms with Crippen LogP contribution >= 0.6 is 0 Å². The van der Waals surface area contributed by atoms with Crippen molar-refractivity contribution in [1.29, 1.82) is 0 Å². The van der Waals surface area contributed by atoms with Crippen molar-refractivity contribution in [3.63, 3.8) is 0 Å². The predicted octanol–water partition coefficient (Wildman–Crippen LogP) is 5.60. The fraction of sp³-hybridized carbons (Fsp3) is 0.882. The van der Waals surface area contributed by atoms with Crippen LogP contribution in [0.3, 0.4) is 0 Å². The van der Waals surface area contributed by atoms with Gasteiger partial charge in [-0.25, -0.2) is 0 Å².